The van der Waals surface area contributed by atoms with Gasteiger partial charge in [0.05, 0.1) is 34.8 Å². The molecule has 0 aliphatic carbocycles. The third kappa shape index (κ3) is 6.13. The third-order valence-corrected chi connectivity index (χ3v) is 9.17. The van der Waals surface area contributed by atoms with Gasteiger partial charge < -0.3 is 4.90 Å². The van der Waals surface area contributed by atoms with Crippen molar-refractivity contribution < 1.29 is 28.8 Å². The highest BCUT2D eigenvalue weighted by atomic mass is 16.2. The van der Waals surface area contributed by atoms with Gasteiger partial charge in [0.25, 0.3) is 0 Å². The predicted octanol–water partition coefficient (Wildman–Crippen LogP) is 6.52. The first-order chi connectivity index (χ1) is 23.7. The second-order valence-corrected chi connectivity index (χ2v) is 12.4. The van der Waals surface area contributed by atoms with Crippen molar-refractivity contribution >= 4 is 69.6 Å². The molecule has 0 aromatic heterocycles. The number of anilines is 6. The number of hydrogen-bond donors (Lipinski definition) is 0. The molecule has 0 bridgehead atoms. The molecule has 3 aliphatic rings. The van der Waals surface area contributed by atoms with Gasteiger partial charge in [-0.15, -0.1) is 19.7 Å². The summed E-state index contributed by atoms with van der Waals surface area (Å²) in [4.78, 5) is 82.8. The topological polar surface area (TPSA) is 115 Å². The zero-order valence-electron chi connectivity index (χ0n) is 27.0. The SMILES string of the molecule is C=CCC1CC(=O)N(c2ccc(N(c3ccc(N4C(=O)CC(CC=C)C4=O)cc3)c3ccc(N4C(=O)CC(CC=C)C4=O)cc3)cc2)C1=O. The molecule has 6 rings (SSSR count). The first kappa shape index (κ1) is 33.0. The molecule has 248 valence electrons. The zero-order chi connectivity index (χ0) is 34.8. The fourth-order valence-electron chi connectivity index (χ4n) is 6.75. The molecule has 3 atom stereocenters. The minimum Gasteiger partial charge on any atom is -0.310 e. The summed E-state index contributed by atoms with van der Waals surface area (Å²) >= 11 is 0. The average Bonchev–Trinajstić information content (AvgIpc) is 3.65. The fourth-order valence-corrected chi connectivity index (χ4v) is 6.75. The third-order valence-electron chi connectivity index (χ3n) is 9.17. The predicted molar refractivity (Wildman–Crippen MR) is 187 cm³/mol. The number of carbonyl (C=O) groups excluding carboxylic acids is 6. The lowest BCUT2D eigenvalue weighted by Gasteiger charge is -2.27. The highest BCUT2D eigenvalue weighted by Gasteiger charge is 2.40. The fraction of sp³-hybridized carbons (Fsp3) is 0.231. The first-order valence-corrected chi connectivity index (χ1v) is 16.2. The van der Waals surface area contributed by atoms with Crippen LogP contribution in [0.15, 0.2) is 111 Å². The van der Waals surface area contributed by atoms with Crippen LogP contribution in [0, 0.1) is 17.8 Å². The molecule has 3 unspecified atom stereocenters. The molecule has 3 aromatic carbocycles. The molecule has 10 heteroatoms. The Morgan fingerprint density at radius 3 is 0.939 bits per heavy atom. The quantitative estimate of drug-likeness (QED) is 0.161. The molecule has 49 heavy (non-hydrogen) atoms. The molecule has 3 heterocycles. The van der Waals surface area contributed by atoms with Crippen LogP contribution in [0.3, 0.4) is 0 Å². The molecule has 3 fully saturated rings. The Morgan fingerprint density at radius 2 is 0.714 bits per heavy atom. The maximum absolute atomic E-state index is 13.0. The van der Waals surface area contributed by atoms with Crippen LogP contribution < -0.4 is 19.6 Å². The van der Waals surface area contributed by atoms with Gasteiger partial charge >= 0.3 is 0 Å². The van der Waals surface area contributed by atoms with Crippen LogP contribution >= 0.6 is 0 Å². The van der Waals surface area contributed by atoms with Crippen LogP contribution in [0.25, 0.3) is 0 Å². The minimum atomic E-state index is -0.430. The number of nitrogens with zero attached hydrogens (tertiary/aromatic N) is 4. The molecular weight excluding hydrogens is 620 g/mol. The molecule has 3 saturated heterocycles. The summed E-state index contributed by atoms with van der Waals surface area (Å²) in [6.07, 6.45) is 6.58. The van der Waals surface area contributed by atoms with Gasteiger partial charge in [0.1, 0.15) is 0 Å². The lowest BCUT2D eigenvalue weighted by molar-refractivity contribution is -0.123. The summed E-state index contributed by atoms with van der Waals surface area (Å²) in [6.45, 7) is 11.1. The zero-order valence-corrected chi connectivity index (χ0v) is 27.0. The van der Waals surface area contributed by atoms with Crippen molar-refractivity contribution in [2.75, 3.05) is 19.6 Å². The van der Waals surface area contributed by atoms with E-state index in [1.54, 1.807) is 91.0 Å². The first-order valence-electron chi connectivity index (χ1n) is 16.2. The largest absolute Gasteiger partial charge is 0.310 e. The summed E-state index contributed by atoms with van der Waals surface area (Å²) in [5.74, 6) is -2.88. The number of hydrogen-bond acceptors (Lipinski definition) is 7. The maximum atomic E-state index is 13.0. The highest BCUT2D eigenvalue weighted by molar-refractivity contribution is 6.22. The summed E-state index contributed by atoms with van der Waals surface area (Å²) in [5.41, 5.74) is 3.42. The molecule has 0 spiro atoms. The van der Waals surface area contributed by atoms with Crippen LogP contribution in [0.5, 0.6) is 0 Å². The lowest BCUT2D eigenvalue weighted by Crippen LogP contribution is -2.30. The highest BCUT2D eigenvalue weighted by Crippen LogP contribution is 2.39. The Hall–Kier alpha value is -5.90. The van der Waals surface area contributed by atoms with E-state index < -0.39 is 17.8 Å². The molecule has 0 N–H and O–H groups in total. The van der Waals surface area contributed by atoms with Crippen LogP contribution in [-0.4, -0.2) is 35.4 Å². The van der Waals surface area contributed by atoms with E-state index in [0.717, 1.165) is 0 Å². The lowest BCUT2D eigenvalue weighted by atomic mass is 10.0. The Balaban J connectivity index is 1.34. The molecule has 10 nitrogen and oxygen atoms in total. The maximum Gasteiger partial charge on any atom is 0.237 e. The Morgan fingerprint density at radius 1 is 0.469 bits per heavy atom. The van der Waals surface area contributed by atoms with Crippen molar-refractivity contribution in [3.63, 3.8) is 0 Å². The molecular formula is C39H36N4O6. The minimum absolute atomic E-state index is 0.129. The van der Waals surface area contributed by atoms with Gasteiger partial charge in [-0.2, -0.15) is 0 Å². The van der Waals surface area contributed by atoms with Crippen molar-refractivity contribution in [3.8, 4) is 0 Å². The number of benzene rings is 3. The van der Waals surface area contributed by atoms with E-state index in [1.807, 2.05) is 4.90 Å². The van der Waals surface area contributed by atoms with Gasteiger partial charge in [0.15, 0.2) is 0 Å². The van der Waals surface area contributed by atoms with Gasteiger partial charge in [-0.25, -0.2) is 0 Å². The molecule has 0 radical (unpaired) electrons. The number of amides is 6. The van der Waals surface area contributed by atoms with E-state index >= 15 is 0 Å². The number of allylic oxidation sites excluding steroid dienone is 3. The summed E-state index contributed by atoms with van der Waals surface area (Å²) < 4.78 is 0. The van der Waals surface area contributed by atoms with Crippen molar-refractivity contribution in [2.24, 2.45) is 17.8 Å². The van der Waals surface area contributed by atoms with Gasteiger partial charge in [0, 0.05) is 36.3 Å². The molecule has 6 amide bonds. The second-order valence-electron chi connectivity index (χ2n) is 12.4. The number of rotatable bonds is 12. The van der Waals surface area contributed by atoms with E-state index in [9.17, 15) is 28.8 Å². The standard InChI is InChI=1S/C39H36N4O6/c1-4-7-25-22-34(44)41(37(25)47)31-16-10-28(11-17-31)40(29-12-18-32(19-13-29)42-35(45)23-26(8-5-2)38(42)48)30-14-20-33(21-15-30)43-36(46)24-27(9-6-3)39(43)49/h4-6,10-21,25-27H,1-3,7-9,22-24H2. The number of carbonyl (C=O) groups is 6. The monoisotopic (exact) mass is 656 g/mol. The van der Waals surface area contributed by atoms with E-state index in [4.69, 9.17) is 0 Å². The van der Waals surface area contributed by atoms with Crippen molar-refractivity contribution in [1.29, 1.82) is 0 Å². The van der Waals surface area contributed by atoms with Gasteiger partial charge in [-0.1, -0.05) is 18.2 Å². The van der Waals surface area contributed by atoms with Crippen molar-refractivity contribution in [1.82, 2.24) is 0 Å². The van der Waals surface area contributed by atoms with Crippen LogP contribution in [0.1, 0.15) is 38.5 Å². The second kappa shape index (κ2) is 13.7. The molecule has 3 aromatic rings. The van der Waals surface area contributed by atoms with E-state index in [2.05, 4.69) is 19.7 Å². The summed E-state index contributed by atoms with van der Waals surface area (Å²) in [7, 11) is 0. The van der Waals surface area contributed by atoms with Gasteiger partial charge in [-0.05, 0) is 92.1 Å². The van der Waals surface area contributed by atoms with Gasteiger partial charge in [-0.3, -0.25) is 43.5 Å². The van der Waals surface area contributed by atoms with Crippen molar-refractivity contribution in [3.05, 3.63) is 111 Å². The normalized spacial score (nSPS) is 20.8. The van der Waals surface area contributed by atoms with Crippen molar-refractivity contribution in [2.45, 2.75) is 38.5 Å². The summed E-state index contributed by atoms with van der Waals surface area (Å²) in [5, 5.41) is 0. The van der Waals surface area contributed by atoms with E-state index in [-0.39, 0.29) is 54.7 Å². The number of imide groups is 3. The Labute approximate surface area is 284 Å². The van der Waals surface area contributed by atoms with Crippen LogP contribution in [0.4, 0.5) is 34.1 Å². The Bertz CT molecular complexity index is 1650. The molecule has 3 aliphatic heterocycles. The smallest absolute Gasteiger partial charge is 0.237 e. The van der Waals surface area contributed by atoms with Crippen LogP contribution in [-0.2, 0) is 28.8 Å². The molecule has 0 saturated carbocycles. The van der Waals surface area contributed by atoms with Gasteiger partial charge in [0.2, 0.25) is 35.4 Å². The van der Waals surface area contributed by atoms with E-state index in [1.165, 1.54) is 14.7 Å². The Kier molecular flexibility index (Phi) is 9.22. The van der Waals surface area contributed by atoms with Crippen LogP contribution in [0.2, 0.25) is 0 Å². The van der Waals surface area contributed by atoms with E-state index in [0.29, 0.717) is 53.4 Å². The summed E-state index contributed by atoms with van der Waals surface area (Å²) in [6, 6.07) is 21.0. The average molecular weight is 657 g/mol.